The number of anilines is 2. The van der Waals surface area contributed by atoms with E-state index in [-0.39, 0.29) is 5.69 Å². The number of aromatic nitrogens is 3. The molecule has 0 bridgehead atoms. The molecule has 2 aromatic heterocycles. The van der Waals surface area contributed by atoms with Gasteiger partial charge in [-0.15, -0.1) is 0 Å². The molecule has 0 atom stereocenters. The summed E-state index contributed by atoms with van der Waals surface area (Å²) in [4.78, 5) is 16.6. The van der Waals surface area contributed by atoms with Crippen LogP contribution in [0.1, 0.15) is 5.56 Å². The molecule has 0 saturated heterocycles. The van der Waals surface area contributed by atoms with Crippen molar-refractivity contribution in [1.29, 1.82) is 0 Å². The summed E-state index contributed by atoms with van der Waals surface area (Å²) in [5, 5.41) is 18.4. The van der Waals surface area contributed by atoms with Crippen LogP contribution < -0.4 is 15.4 Å². The van der Waals surface area contributed by atoms with Crippen molar-refractivity contribution in [2.24, 2.45) is 7.05 Å². The van der Waals surface area contributed by atoms with E-state index in [9.17, 15) is 23.1 Å². The number of aryl methyl sites for hydroxylation is 1. The molecule has 4 rings (SSSR count). The van der Waals surface area contributed by atoms with E-state index >= 15 is 0 Å². The molecule has 0 aliphatic rings. The molecule has 3 N–H and O–H groups in total. The van der Waals surface area contributed by atoms with Gasteiger partial charge in [-0.3, -0.25) is 9.67 Å². The number of halogens is 3. The normalized spacial score (nSPS) is 11.2. The minimum Gasteiger partial charge on any atom is -0.507 e. The minimum absolute atomic E-state index is 0.130. The monoisotopic (exact) mass is 469 g/mol. The number of urea groups is 1. The second-order valence-corrected chi connectivity index (χ2v) is 7.22. The molecule has 0 aliphatic carbocycles. The molecule has 34 heavy (non-hydrogen) atoms. The zero-order chi connectivity index (χ0) is 24.3. The largest absolute Gasteiger partial charge is 0.507 e. The number of amides is 2. The van der Waals surface area contributed by atoms with Gasteiger partial charge in [-0.2, -0.15) is 18.3 Å². The molecular weight excluding hydrogens is 451 g/mol. The van der Waals surface area contributed by atoms with Crippen LogP contribution >= 0.6 is 0 Å². The Bertz CT molecular complexity index is 1340. The quantitative estimate of drug-likeness (QED) is 0.328. The first-order valence-corrected chi connectivity index (χ1v) is 9.88. The molecule has 2 amide bonds. The van der Waals surface area contributed by atoms with Crippen LogP contribution in [0, 0.1) is 0 Å². The fourth-order valence-corrected chi connectivity index (χ4v) is 3.09. The Morgan fingerprint density at radius 2 is 1.76 bits per heavy atom. The average molecular weight is 469 g/mol. The zero-order valence-corrected chi connectivity index (χ0v) is 17.7. The van der Waals surface area contributed by atoms with E-state index in [0.717, 1.165) is 17.7 Å². The third-order valence-corrected chi connectivity index (χ3v) is 4.62. The van der Waals surface area contributed by atoms with Crippen LogP contribution in [-0.2, 0) is 13.2 Å². The molecule has 11 heteroatoms. The number of nitrogens with one attached hydrogen (secondary N) is 2. The van der Waals surface area contributed by atoms with E-state index in [4.69, 9.17) is 4.74 Å². The molecule has 8 nitrogen and oxygen atoms in total. The number of hydrogen-bond donors (Lipinski definition) is 3. The van der Waals surface area contributed by atoms with Gasteiger partial charge in [0.05, 0.1) is 17.5 Å². The molecule has 174 valence electrons. The van der Waals surface area contributed by atoms with Crippen LogP contribution in [-0.4, -0.2) is 25.9 Å². The Morgan fingerprint density at radius 1 is 1.03 bits per heavy atom. The summed E-state index contributed by atoms with van der Waals surface area (Å²) in [7, 11) is 1.80. The van der Waals surface area contributed by atoms with Crippen LogP contribution in [0.3, 0.4) is 0 Å². The summed E-state index contributed by atoms with van der Waals surface area (Å²) in [6, 6.07) is 11.8. The van der Waals surface area contributed by atoms with Gasteiger partial charge >= 0.3 is 12.2 Å². The topological polar surface area (TPSA) is 101 Å². The van der Waals surface area contributed by atoms with Crippen LogP contribution in [0.5, 0.6) is 17.2 Å². The molecule has 0 radical (unpaired) electrons. The van der Waals surface area contributed by atoms with Crippen LogP contribution in [0.25, 0.3) is 11.3 Å². The maximum atomic E-state index is 12.9. The standard InChI is InChI=1S/C23H18F3N5O3/c1-31-13-14(12-28-31)20-11-18(7-8-27-20)34-17-4-2-3-15(9-17)29-22(33)30-16-5-6-21(32)19(10-16)23(24,25)26/h2-13,32H,1H3,(H2,29,30,33). The van der Waals surface area contributed by atoms with Crippen molar-refractivity contribution in [2.45, 2.75) is 6.18 Å². The summed E-state index contributed by atoms with van der Waals surface area (Å²) in [5.41, 5.74) is 0.471. The minimum atomic E-state index is -4.76. The van der Waals surface area contributed by atoms with E-state index in [0.29, 0.717) is 28.9 Å². The lowest BCUT2D eigenvalue weighted by Crippen LogP contribution is -2.19. The Labute approximate surface area is 191 Å². The molecule has 0 unspecified atom stereocenters. The van der Waals surface area contributed by atoms with Gasteiger partial charge in [0.1, 0.15) is 17.2 Å². The summed E-state index contributed by atoms with van der Waals surface area (Å²) in [5.74, 6) is 0.00969. The average Bonchev–Trinajstić information content (AvgIpc) is 3.21. The molecule has 0 fully saturated rings. The van der Waals surface area contributed by atoms with Gasteiger partial charge < -0.3 is 20.5 Å². The molecule has 2 aromatic carbocycles. The summed E-state index contributed by atoms with van der Waals surface area (Å²) >= 11 is 0. The predicted octanol–water partition coefficient (Wildman–Crippen LogP) is 5.64. The number of hydrogen-bond acceptors (Lipinski definition) is 5. The third kappa shape index (κ3) is 5.44. The van der Waals surface area contributed by atoms with Crippen molar-refractivity contribution in [2.75, 3.05) is 10.6 Å². The van der Waals surface area contributed by atoms with E-state index in [1.54, 1.807) is 60.5 Å². The number of ether oxygens (including phenoxy) is 1. The van der Waals surface area contributed by atoms with E-state index in [1.165, 1.54) is 0 Å². The number of pyridine rings is 1. The van der Waals surface area contributed by atoms with E-state index in [1.807, 2.05) is 6.20 Å². The number of aromatic hydroxyl groups is 1. The maximum absolute atomic E-state index is 12.9. The molecule has 0 spiro atoms. The molecular formula is C23H18F3N5O3. The number of carbonyl (C=O) groups excluding carboxylic acids is 1. The fraction of sp³-hybridized carbons (Fsp3) is 0.0870. The Hall–Kier alpha value is -4.54. The number of rotatable bonds is 5. The number of phenols is 1. The Balaban J connectivity index is 1.44. The van der Waals surface area contributed by atoms with Crippen molar-refractivity contribution >= 4 is 17.4 Å². The zero-order valence-electron chi connectivity index (χ0n) is 17.7. The second-order valence-electron chi connectivity index (χ2n) is 7.22. The van der Waals surface area contributed by atoms with Crippen LogP contribution in [0.2, 0.25) is 0 Å². The number of benzene rings is 2. The molecule has 4 aromatic rings. The lowest BCUT2D eigenvalue weighted by molar-refractivity contribution is -0.138. The second kappa shape index (κ2) is 9.14. The maximum Gasteiger partial charge on any atom is 0.420 e. The summed E-state index contributed by atoms with van der Waals surface area (Å²) in [6.07, 6.45) is 0.343. The van der Waals surface area contributed by atoms with Crippen LogP contribution in [0.4, 0.5) is 29.3 Å². The van der Waals surface area contributed by atoms with Gasteiger partial charge in [0, 0.05) is 48.5 Å². The first kappa shape index (κ1) is 22.6. The number of nitrogens with zero attached hydrogens (tertiary/aromatic N) is 3. The van der Waals surface area contributed by atoms with Gasteiger partial charge in [-0.05, 0) is 36.4 Å². The summed E-state index contributed by atoms with van der Waals surface area (Å²) in [6.45, 7) is 0. The fourth-order valence-electron chi connectivity index (χ4n) is 3.09. The highest BCUT2D eigenvalue weighted by atomic mass is 19.4. The Kier molecular flexibility index (Phi) is 6.09. The summed E-state index contributed by atoms with van der Waals surface area (Å²) < 4.78 is 46.4. The van der Waals surface area contributed by atoms with E-state index in [2.05, 4.69) is 20.7 Å². The first-order chi connectivity index (χ1) is 16.2. The van der Waals surface area contributed by atoms with E-state index < -0.39 is 23.5 Å². The molecule has 2 heterocycles. The van der Waals surface area contributed by atoms with Gasteiger partial charge in [0.15, 0.2) is 0 Å². The van der Waals surface area contributed by atoms with Gasteiger partial charge in [0.2, 0.25) is 0 Å². The number of alkyl halides is 3. The highest BCUT2D eigenvalue weighted by Crippen LogP contribution is 2.37. The van der Waals surface area contributed by atoms with Crippen molar-refractivity contribution in [3.63, 3.8) is 0 Å². The predicted molar refractivity (Wildman–Crippen MR) is 119 cm³/mol. The molecule has 0 saturated carbocycles. The van der Waals surface area contributed by atoms with Crippen molar-refractivity contribution in [1.82, 2.24) is 14.8 Å². The molecule has 0 aliphatic heterocycles. The lowest BCUT2D eigenvalue weighted by Gasteiger charge is -2.13. The van der Waals surface area contributed by atoms with Gasteiger partial charge in [0.25, 0.3) is 0 Å². The number of phenolic OH excluding ortho intramolecular Hbond substituents is 1. The van der Waals surface area contributed by atoms with Crippen molar-refractivity contribution in [3.8, 4) is 28.5 Å². The lowest BCUT2D eigenvalue weighted by atomic mass is 10.1. The third-order valence-electron chi connectivity index (χ3n) is 4.62. The van der Waals surface area contributed by atoms with Crippen molar-refractivity contribution < 1.29 is 27.8 Å². The van der Waals surface area contributed by atoms with Gasteiger partial charge in [-0.25, -0.2) is 4.79 Å². The number of carbonyl (C=O) groups is 1. The SMILES string of the molecule is Cn1cc(-c2cc(Oc3cccc(NC(=O)Nc4ccc(O)c(C(F)(F)F)c4)c3)ccn2)cn1. The van der Waals surface area contributed by atoms with Crippen molar-refractivity contribution in [3.05, 3.63) is 78.8 Å². The van der Waals surface area contributed by atoms with Gasteiger partial charge in [-0.1, -0.05) is 6.07 Å². The smallest absolute Gasteiger partial charge is 0.420 e. The van der Waals surface area contributed by atoms with Crippen LogP contribution in [0.15, 0.2) is 73.2 Å². The highest BCUT2D eigenvalue weighted by Gasteiger charge is 2.34. The first-order valence-electron chi connectivity index (χ1n) is 9.88. The highest BCUT2D eigenvalue weighted by molar-refractivity contribution is 6.00. The Morgan fingerprint density at radius 3 is 2.47 bits per heavy atom.